The van der Waals surface area contributed by atoms with Crippen LogP contribution in [0, 0.1) is 0 Å². The van der Waals surface area contributed by atoms with E-state index in [1.807, 2.05) is 32.6 Å². The number of rotatable bonds is 4. The Balaban J connectivity index is 2.76. The van der Waals surface area contributed by atoms with Gasteiger partial charge in [0.25, 0.3) is 0 Å². The van der Waals surface area contributed by atoms with Crippen molar-refractivity contribution in [3.05, 3.63) is 12.2 Å². The van der Waals surface area contributed by atoms with Gasteiger partial charge in [0, 0.05) is 12.1 Å². The number of likely N-dealkylation sites (tertiary alicyclic amines) is 1. The number of hydrogen-bond acceptors (Lipinski definition) is 2. The van der Waals surface area contributed by atoms with Crippen LogP contribution in [-0.4, -0.2) is 28.7 Å². The number of hydrogen-bond donors (Lipinski definition) is 0. The molecular formula is C16H29NO2. The molecule has 1 amide bonds. The van der Waals surface area contributed by atoms with E-state index in [1.54, 1.807) is 0 Å². The molecule has 0 N–H and O–H groups in total. The molecule has 0 bridgehead atoms. The zero-order valence-corrected chi connectivity index (χ0v) is 13.1. The van der Waals surface area contributed by atoms with Gasteiger partial charge in [-0.25, -0.2) is 4.79 Å². The molecule has 1 unspecified atom stereocenters. The summed E-state index contributed by atoms with van der Waals surface area (Å²) in [5.41, 5.74) is -0.415. The second-order valence-corrected chi connectivity index (χ2v) is 6.37. The van der Waals surface area contributed by atoms with Crippen molar-refractivity contribution in [2.45, 2.75) is 84.4 Å². The van der Waals surface area contributed by atoms with Crippen LogP contribution in [0.25, 0.3) is 0 Å². The monoisotopic (exact) mass is 267 g/mol. The quantitative estimate of drug-likeness (QED) is 0.701. The standard InChI is InChI=1S/C16H29NO2/c1-6-8-10-14-12-11-13(9-7-2)17(14)15(18)19-16(3,4)5/h6,8,13-14H,7,9-12H2,1-5H3/b8-6+/t13-,14?/m0/s1. The highest BCUT2D eigenvalue weighted by molar-refractivity contribution is 5.69. The highest BCUT2D eigenvalue weighted by atomic mass is 16.6. The molecule has 0 saturated carbocycles. The van der Waals surface area contributed by atoms with Crippen molar-refractivity contribution in [3.8, 4) is 0 Å². The van der Waals surface area contributed by atoms with Gasteiger partial charge >= 0.3 is 6.09 Å². The number of amides is 1. The molecule has 1 aliphatic heterocycles. The molecule has 110 valence electrons. The summed E-state index contributed by atoms with van der Waals surface area (Å²) in [7, 11) is 0. The minimum Gasteiger partial charge on any atom is -0.444 e. The molecule has 0 aromatic carbocycles. The third-order valence-corrected chi connectivity index (χ3v) is 3.49. The Morgan fingerprint density at radius 2 is 1.95 bits per heavy atom. The van der Waals surface area contributed by atoms with Gasteiger partial charge in [-0.2, -0.15) is 0 Å². The van der Waals surface area contributed by atoms with E-state index in [-0.39, 0.29) is 6.09 Å². The van der Waals surface area contributed by atoms with Gasteiger partial charge in [-0.1, -0.05) is 25.5 Å². The average molecular weight is 267 g/mol. The highest BCUT2D eigenvalue weighted by Gasteiger charge is 2.37. The van der Waals surface area contributed by atoms with E-state index in [9.17, 15) is 4.79 Å². The van der Waals surface area contributed by atoms with Gasteiger partial charge < -0.3 is 9.64 Å². The van der Waals surface area contributed by atoms with E-state index in [2.05, 4.69) is 19.1 Å². The van der Waals surface area contributed by atoms with E-state index in [0.29, 0.717) is 12.1 Å². The molecule has 1 saturated heterocycles. The summed E-state index contributed by atoms with van der Waals surface area (Å²) >= 11 is 0. The molecule has 3 nitrogen and oxygen atoms in total. The van der Waals surface area contributed by atoms with Crippen molar-refractivity contribution >= 4 is 6.09 Å². The number of ether oxygens (including phenoxy) is 1. The molecule has 0 radical (unpaired) electrons. The lowest BCUT2D eigenvalue weighted by Gasteiger charge is -2.32. The highest BCUT2D eigenvalue weighted by Crippen LogP contribution is 2.31. The fourth-order valence-corrected chi connectivity index (χ4v) is 2.72. The minimum absolute atomic E-state index is 0.141. The first kappa shape index (κ1) is 16.1. The predicted molar refractivity (Wildman–Crippen MR) is 79.2 cm³/mol. The Morgan fingerprint density at radius 1 is 1.32 bits per heavy atom. The van der Waals surface area contributed by atoms with Crippen LogP contribution in [0.5, 0.6) is 0 Å². The van der Waals surface area contributed by atoms with E-state index in [0.717, 1.165) is 32.1 Å². The predicted octanol–water partition coefficient (Wildman–Crippen LogP) is 4.52. The summed E-state index contributed by atoms with van der Waals surface area (Å²) < 4.78 is 5.57. The topological polar surface area (TPSA) is 29.5 Å². The maximum atomic E-state index is 12.4. The molecule has 1 heterocycles. The summed E-state index contributed by atoms with van der Waals surface area (Å²) in [4.78, 5) is 14.4. The molecule has 2 atom stereocenters. The maximum absolute atomic E-state index is 12.4. The third-order valence-electron chi connectivity index (χ3n) is 3.49. The van der Waals surface area contributed by atoms with E-state index in [4.69, 9.17) is 4.74 Å². The van der Waals surface area contributed by atoms with Crippen LogP contribution in [0.3, 0.4) is 0 Å². The Labute approximate surface area is 118 Å². The van der Waals surface area contributed by atoms with Gasteiger partial charge in [0.05, 0.1) is 0 Å². The van der Waals surface area contributed by atoms with Crippen molar-refractivity contribution in [3.63, 3.8) is 0 Å². The molecule has 19 heavy (non-hydrogen) atoms. The van der Waals surface area contributed by atoms with Crippen molar-refractivity contribution in [2.24, 2.45) is 0 Å². The molecule has 1 aliphatic rings. The van der Waals surface area contributed by atoms with Gasteiger partial charge in [-0.15, -0.1) is 0 Å². The first-order valence-corrected chi connectivity index (χ1v) is 7.51. The minimum atomic E-state index is -0.415. The number of allylic oxidation sites excluding steroid dienone is 1. The fourth-order valence-electron chi connectivity index (χ4n) is 2.72. The summed E-state index contributed by atoms with van der Waals surface area (Å²) in [5.74, 6) is 0. The molecule has 1 fully saturated rings. The molecule has 0 aliphatic carbocycles. The lowest BCUT2D eigenvalue weighted by atomic mass is 10.1. The maximum Gasteiger partial charge on any atom is 0.410 e. The van der Waals surface area contributed by atoms with Crippen LogP contribution in [-0.2, 0) is 4.74 Å². The molecule has 1 rings (SSSR count). The normalized spacial score (nSPS) is 24.2. The summed E-state index contributed by atoms with van der Waals surface area (Å²) in [6.07, 6.45) is 9.39. The first-order chi connectivity index (χ1) is 8.89. The number of nitrogens with zero attached hydrogens (tertiary/aromatic N) is 1. The zero-order chi connectivity index (χ0) is 14.5. The summed E-state index contributed by atoms with van der Waals surface area (Å²) in [6, 6.07) is 0.665. The number of carbonyl (C=O) groups excluding carboxylic acids is 1. The second-order valence-electron chi connectivity index (χ2n) is 6.37. The summed E-state index contributed by atoms with van der Waals surface area (Å²) in [5, 5.41) is 0. The molecular weight excluding hydrogens is 238 g/mol. The van der Waals surface area contributed by atoms with E-state index < -0.39 is 5.60 Å². The van der Waals surface area contributed by atoms with Crippen molar-refractivity contribution in [2.75, 3.05) is 0 Å². The number of carbonyl (C=O) groups is 1. The molecule has 0 aromatic rings. The van der Waals surface area contributed by atoms with Crippen LogP contribution in [0.4, 0.5) is 4.79 Å². The lowest BCUT2D eigenvalue weighted by Crippen LogP contribution is -2.44. The SMILES string of the molecule is C/C=C/CC1CC[C@H](CCC)N1C(=O)OC(C)(C)C. The van der Waals surface area contributed by atoms with Crippen LogP contribution in [0.15, 0.2) is 12.2 Å². The van der Waals surface area contributed by atoms with Crippen LogP contribution < -0.4 is 0 Å². The van der Waals surface area contributed by atoms with Crippen LogP contribution >= 0.6 is 0 Å². The van der Waals surface area contributed by atoms with Crippen LogP contribution in [0.2, 0.25) is 0 Å². The largest absolute Gasteiger partial charge is 0.444 e. The van der Waals surface area contributed by atoms with Gasteiger partial charge in [-0.05, 0) is 53.4 Å². The Morgan fingerprint density at radius 3 is 2.47 bits per heavy atom. The Kier molecular flexibility index (Phi) is 5.89. The smallest absolute Gasteiger partial charge is 0.410 e. The lowest BCUT2D eigenvalue weighted by molar-refractivity contribution is 0.0141. The third kappa shape index (κ3) is 4.88. The van der Waals surface area contributed by atoms with E-state index in [1.165, 1.54) is 0 Å². The zero-order valence-electron chi connectivity index (χ0n) is 13.1. The van der Waals surface area contributed by atoms with Crippen LogP contribution in [0.1, 0.15) is 66.7 Å². The fraction of sp³-hybridized carbons (Fsp3) is 0.812. The van der Waals surface area contributed by atoms with Crippen molar-refractivity contribution in [1.82, 2.24) is 4.90 Å². The first-order valence-electron chi connectivity index (χ1n) is 7.51. The molecule has 0 aromatic heterocycles. The Bertz CT molecular complexity index is 317. The average Bonchev–Trinajstić information content (AvgIpc) is 2.67. The second kappa shape index (κ2) is 6.97. The van der Waals surface area contributed by atoms with Gasteiger partial charge in [0.15, 0.2) is 0 Å². The van der Waals surface area contributed by atoms with E-state index >= 15 is 0 Å². The van der Waals surface area contributed by atoms with Gasteiger partial charge in [0.1, 0.15) is 5.60 Å². The van der Waals surface area contributed by atoms with Gasteiger partial charge in [0.2, 0.25) is 0 Å². The molecule has 3 heteroatoms. The van der Waals surface area contributed by atoms with Crippen molar-refractivity contribution in [1.29, 1.82) is 0 Å². The Hall–Kier alpha value is -0.990. The summed E-state index contributed by atoms with van der Waals surface area (Å²) in [6.45, 7) is 9.98. The van der Waals surface area contributed by atoms with Gasteiger partial charge in [-0.3, -0.25) is 0 Å². The van der Waals surface area contributed by atoms with Crippen molar-refractivity contribution < 1.29 is 9.53 Å². The molecule has 0 spiro atoms.